The first-order valence-electron chi connectivity index (χ1n) is 6.31. The van der Waals surface area contributed by atoms with E-state index in [1.54, 1.807) is 18.2 Å². The van der Waals surface area contributed by atoms with Crippen molar-refractivity contribution in [2.24, 2.45) is 5.16 Å². The second kappa shape index (κ2) is 5.40. The molecule has 0 aromatic heterocycles. The molecule has 0 saturated heterocycles. The summed E-state index contributed by atoms with van der Waals surface area (Å²) in [7, 11) is 0. The van der Waals surface area contributed by atoms with Crippen LogP contribution >= 0.6 is 0 Å². The lowest BCUT2D eigenvalue weighted by atomic mass is 10.1. The summed E-state index contributed by atoms with van der Waals surface area (Å²) in [4.78, 5) is 11.6. The Morgan fingerprint density at radius 3 is 2.90 bits per heavy atom. The first kappa shape index (κ1) is 14.2. The zero-order valence-corrected chi connectivity index (χ0v) is 11.8. The summed E-state index contributed by atoms with van der Waals surface area (Å²) in [6.07, 6.45) is 0. The lowest BCUT2D eigenvalue weighted by Crippen LogP contribution is -2.43. The number of ether oxygens (including phenoxy) is 2. The standard InChI is InChI=1S/C14H18N2O4/c1-14(2,3)15-13(17)8-19-9-4-5-10-11(16-18)7-20-12(10)6-9/h4-6,18H,7-8H2,1-3H3,(H,15,17). The minimum Gasteiger partial charge on any atom is -0.486 e. The maximum Gasteiger partial charge on any atom is 0.258 e. The fraction of sp³-hybridized carbons (Fsp3) is 0.429. The Kier molecular flexibility index (Phi) is 3.83. The summed E-state index contributed by atoms with van der Waals surface area (Å²) >= 11 is 0. The van der Waals surface area contributed by atoms with E-state index in [0.29, 0.717) is 17.2 Å². The number of benzene rings is 1. The van der Waals surface area contributed by atoms with Crippen molar-refractivity contribution >= 4 is 11.6 Å². The van der Waals surface area contributed by atoms with Gasteiger partial charge in [-0.25, -0.2) is 0 Å². The monoisotopic (exact) mass is 278 g/mol. The quantitative estimate of drug-likeness (QED) is 0.649. The molecule has 1 aromatic carbocycles. The highest BCUT2D eigenvalue weighted by Crippen LogP contribution is 2.29. The zero-order valence-electron chi connectivity index (χ0n) is 11.8. The molecule has 6 heteroatoms. The van der Waals surface area contributed by atoms with Gasteiger partial charge in [0.25, 0.3) is 5.91 Å². The highest BCUT2D eigenvalue weighted by Gasteiger charge is 2.20. The van der Waals surface area contributed by atoms with Crippen molar-refractivity contribution in [3.05, 3.63) is 23.8 Å². The van der Waals surface area contributed by atoms with Crippen molar-refractivity contribution in [3.8, 4) is 11.5 Å². The molecule has 20 heavy (non-hydrogen) atoms. The van der Waals surface area contributed by atoms with Crippen LogP contribution in [-0.2, 0) is 4.79 Å². The van der Waals surface area contributed by atoms with E-state index < -0.39 is 0 Å². The van der Waals surface area contributed by atoms with Crippen LogP contribution in [0.15, 0.2) is 23.4 Å². The second-order valence-electron chi connectivity index (χ2n) is 5.58. The van der Waals surface area contributed by atoms with Gasteiger partial charge in [0, 0.05) is 17.2 Å². The molecule has 1 aliphatic heterocycles. The number of nitrogens with zero attached hydrogens (tertiary/aromatic N) is 1. The topological polar surface area (TPSA) is 80.2 Å². The first-order chi connectivity index (χ1) is 9.39. The van der Waals surface area contributed by atoms with Gasteiger partial charge in [-0.1, -0.05) is 5.16 Å². The van der Waals surface area contributed by atoms with Crippen molar-refractivity contribution < 1.29 is 19.5 Å². The number of carbonyl (C=O) groups excluding carboxylic acids is 1. The number of nitrogens with one attached hydrogen (secondary N) is 1. The molecule has 0 unspecified atom stereocenters. The van der Waals surface area contributed by atoms with Gasteiger partial charge in [-0.3, -0.25) is 4.79 Å². The minimum absolute atomic E-state index is 0.0585. The van der Waals surface area contributed by atoms with Gasteiger partial charge in [0.15, 0.2) is 6.61 Å². The molecule has 0 aliphatic carbocycles. The lowest BCUT2D eigenvalue weighted by molar-refractivity contribution is -0.124. The highest BCUT2D eigenvalue weighted by molar-refractivity contribution is 6.06. The third kappa shape index (κ3) is 3.40. The van der Waals surface area contributed by atoms with Gasteiger partial charge in [0.2, 0.25) is 0 Å². The average molecular weight is 278 g/mol. The summed E-state index contributed by atoms with van der Waals surface area (Å²) in [6.45, 7) is 5.90. The number of fused-ring (bicyclic) bond motifs is 1. The summed E-state index contributed by atoms with van der Waals surface area (Å²) in [5.41, 5.74) is 0.935. The van der Waals surface area contributed by atoms with Crippen LogP contribution in [0.5, 0.6) is 11.5 Å². The number of oxime groups is 1. The van der Waals surface area contributed by atoms with Crippen LogP contribution in [0.3, 0.4) is 0 Å². The van der Waals surface area contributed by atoms with Gasteiger partial charge in [0.05, 0.1) is 0 Å². The van der Waals surface area contributed by atoms with Crippen molar-refractivity contribution in [2.75, 3.05) is 13.2 Å². The van der Waals surface area contributed by atoms with Crippen LogP contribution in [0.4, 0.5) is 0 Å². The smallest absolute Gasteiger partial charge is 0.258 e. The van der Waals surface area contributed by atoms with Gasteiger partial charge < -0.3 is 20.0 Å². The molecule has 0 bridgehead atoms. The Bertz CT molecular complexity index is 547. The number of amides is 1. The van der Waals surface area contributed by atoms with Crippen molar-refractivity contribution in [2.45, 2.75) is 26.3 Å². The third-order valence-electron chi connectivity index (χ3n) is 2.63. The molecular formula is C14H18N2O4. The Morgan fingerprint density at radius 2 is 2.25 bits per heavy atom. The summed E-state index contributed by atoms with van der Waals surface area (Å²) < 4.78 is 10.8. The first-order valence-corrected chi connectivity index (χ1v) is 6.31. The van der Waals surface area contributed by atoms with Crippen LogP contribution in [-0.4, -0.2) is 35.6 Å². The molecule has 0 atom stereocenters. The molecule has 0 saturated carbocycles. The molecule has 0 radical (unpaired) electrons. The lowest BCUT2D eigenvalue weighted by Gasteiger charge is -2.20. The summed E-state index contributed by atoms with van der Waals surface area (Å²) in [5, 5.41) is 14.8. The summed E-state index contributed by atoms with van der Waals surface area (Å²) in [5.74, 6) is 0.940. The molecule has 108 valence electrons. The molecule has 1 aromatic rings. The average Bonchev–Trinajstić information content (AvgIpc) is 2.76. The van der Waals surface area contributed by atoms with Gasteiger partial charge >= 0.3 is 0 Å². The highest BCUT2D eigenvalue weighted by atomic mass is 16.5. The largest absolute Gasteiger partial charge is 0.486 e. The maximum absolute atomic E-state index is 11.6. The van der Waals surface area contributed by atoms with Crippen LogP contribution in [0.25, 0.3) is 0 Å². The Hall–Kier alpha value is -2.24. The SMILES string of the molecule is CC(C)(C)NC(=O)COc1ccc2c(c1)OCC2=NO. The predicted molar refractivity (Wildman–Crippen MR) is 73.7 cm³/mol. The molecule has 1 aliphatic rings. The van der Waals surface area contributed by atoms with Crippen LogP contribution in [0.2, 0.25) is 0 Å². The Labute approximate surface area is 117 Å². The molecule has 0 spiro atoms. The van der Waals surface area contributed by atoms with E-state index in [0.717, 1.165) is 5.56 Å². The van der Waals surface area contributed by atoms with E-state index in [-0.39, 0.29) is 24.7 Å². The fourth-order valence-corrected chi connectivity index (χ4v) is 1.86. The summed E-state index contributed by atoms with van der Waals surface area (Å²) in [6, 6.07) is 5.13. The van der Waals surface area contributed by atoms with E-state index in [1.807, 2.05) is 20.8 Å². The third-order valence-corrected chi connectivity index (χ3v) is 2.63. The van der Waals surface area contributed by atoms with Gasteiger partial charge in [-0.15, -0.1) is 0 Å². The van der Waals surface area contributed by atoms with Crippen molar-refractivity contribution in [3.63, 3.8) is 0 Å². The predicted octanol–water partition coefficient (Wildman–Crippen LogP) is 1.55. The molecule has 2 N–H and O–H groups in total. The number of hydrogen-bond donors (Lipinski definition) is 2. The maximum atomic E-state index is 11.6. The Morgan fingerprint density at radius 1 is 1.50 bits per heavy atom. The van der Waals surface area contributed by atoms with E-state index in [9.17, 15) is 4.79 Å². The minimum atomic E-state index is -0.284. The van der Waals surface area contributed by atoms with E-state index in [2.05, 4.69) is 10.5 Å². The van der Waals surface area contributed by atoms with Crippen molar-refractivity contribution in [1.29, 1.82) is 0 Å². The van der Waals surface area contributed by atoms with E-state index >= 15 is 0 Å². The van der Waals surface area contributed by atoms with Gasteiger partial charge in [0.1, 0.15) is 23.8 Å². The number of carbonyl (C=O) groups is 1. The zero-order chi connectivity index (χ0) is 14.8. The molecule has 1 amide bonds. The number of rotatable bonds is 3. The normalized spacial score (nSPS) is 15.7. The van der Waals surface area contributed by atoms with Gasteiger partial charge in [-0.05, 0) is 32.9 Å². The second-order valence-corrected chi connectivity index (χ2v) is 5.58. The molecule has 2 rings (SSSR count). The molecule has 1 heterocycles. The Balaban J connectivity index is 1.97. The van der Waals surface area contributed by atoms with Crippen LogP contribution in [0, 0.1) is 0 Å². The molecular weight excluding hydrogens is 260 g/mol. The van der Waals surface area contributed by atoms with Crippen LogP contribution in [0.1, 0.15) is 26.3 Å². The fourth-order valence-electron chi connectivity index (χ4n) is 1.86. The van der Waals surface area contributed by atoms with Crippen LogP contribution < -0.4 is 14.8 Å². The molecule has 6 nitrogen and oxygen atoms in total. The van der Waals surface area contributed by atoms with Crippen molar-refractivity contribution in [1.82, 2.24) is 5.32 Å². The van der Waals surface area contributed by atoms with E-state index in [4.69, 9.17) is 14.7 Å². The van der Waals surface area contributed by atoms with Gasteiger partial charge in [-0.2, -0.15) is 0 Å². The van der Waals surface area contributed by atoms with E-state index in [1.165, 1.54) is 0 Å². The number of hydrogen-bond acceptors (Lipinski definition) is 5. The molecule has 0 fully saturated rings.